The van der Waals surface area contributed by atoms with Crippen molar-refractivity contribution in [1.29, 1.82) is 0 Å². The van der Waals surface area contributed by atoms with E-state index in [4.69, 9.17) is 9.47 Å². The number of carbonyl (C=O) groups is 2. The first-order valence-corrected chi connectivity index (χ1v) is 8.18. The summed E-state index contributed by atoms with van der Waals surface area (Å²) in [5, 5.41) is 0. The number of Topliss-reactive ketones (excluding diaryl/α,β-unsaturated/α-hetero) is 1. The van der Waals surface area contributed by atoms with Gasteiger partial charge in [-0.05, 0) is 5.56 Å². The van der Waals surface area contributed by atoms with Crippen LogP contribution in [-0.4, -0.2) is 18.0 Å². The molecule has 3 atom stereocenters. The van der Waals surface area contributed by atoms with Gasteiger partial charge in [0, 0.05) is 24.2 Å². The number of esters is 1. The lowest BCUT2D eigenvalue weighted by Gasteiger charge is -2.33. The number of benzene rings is 1. The van der Waals surface area contributed by atoms with Gasteiger partial charge in [0.15, 0.2) is 5.60 Å². The Kier molecular flexibility index (Phi) is 4.95. The number of ketones is 1. The van der Waals surface area contributed by atoms with Gasteiger partial charge in [0.25, 0.3) is 0 Å². The molecular formula is C19H26O4. The number of hydrogen-bond acceptors (Lipinski definition) is 4. The molecular weight excluding hydrogens is 292 g/mol. The summed E-state index contributed by atoms with van der Waals surface area (Å²) in [6.07, 6.45) is 0.110. The molecule has 0 unspecified atom stereocenters. The minimum absolute atomic E-state index is 0.114. The van der Waals surface area contributed by atoms with Crippen LogP contribution in [0.5, 0.6) is 0 Å². The Morgan fingerprint density at radius 3 is 2.35 bits per heavy atom. The largest absolute Gasteiger partial charge is 0.433 e. The summed E-state index contributed by atoms with van der Waals surface area (Å²) in [6.45, 7) is 9.61. The van der Waals surface area contributed by atoms with E-state index in [-0.39, 0.29) is 23.5 Å². The molecule has 0 radical (unpaired) electrons. The Balaban J connectivity index is 2.45. The van der Waals surface area contributed by atoms with E-state index in [1.54, 1.807) is 0 Å². The third-order valence-corrected chi connectivity index (χ3v) is 4.34. The van der Waals surface area contributed by atoms with Crippen LogP contribution in [0.1, 0.15) is 53.0 Å². The van der Waals surface area contributed by atoms with E-state index in [1.165, 1.54) is 0 Å². The molecule has 2 rings (SSSR count). The van der Waals surface area contributed by atoms with Crippen LogP contribution in [0.25, 0.3) is 0 Å². The molecule has 1 fully saturated rings. The predicted octanol–water partition coefficient (Wildman–Crippen LogP) is 3.83. The molecule has 0 saturated carbocycles. The van der Waals surface area contributed by atoms with Gasteiger partial charge in [0.05, 0.1) is 0 Å². The van der Waals surface area contributed by atoms with Gasteiger partial charge >= 0.3 is 5.97 Å². The van der Waals surface area contributed by atoms with Crippen LogP contribution in [-0.2, 0) is 24.7 Å². The minimum Gasteiger partial charge on any atom is -0.433 e. The molecule has 1 aliphatic heterocycles. The molecule has 126 valence electrons. The van der Waals surface area contributed by atoms with Gasteiger partial charge < -0.3 is 9.47 Å². The van der Waals surface area contributed by atoms with Gasteiger partial charge in [-0.15, -0.1) is 0 Å². The second-order valence-electron chi connectivity index (χ2n) is 7.32. The lowest BCUT2D eigenvalue weighted by atomic mass is 9.79. The Bertz CT molecular complexity index is 573. The maximum atomic E-state index is 12.8. The Labute approximate surface area is 138 Å². The zero-order valence-corrected chi connectivity index (χ0v) is 14.6. The van der Waals surface area contributed by atoms with Crippen molar-refractivity contribution >= 4 is 11.8 Å². The molecule has 0 amide bonds. The Morgan fingerprint density at radius 1 is 1.26 bits per heavy atom. The van der Waals surface area contributed by atoms with Crippen molar-refractivity contribution in [1.82, 2.24) is 0 Å². The van der Waals surface area contributed by atoms with Gasteiger partial charge in [-0.1, -0.05) is 65.0 Å². The lowest BCUT2D eigenvalue weighted by Crippen LogP contribution is -2.42. The van der Waals surface area contributed by atoms with Crippen LogP contribution in [0, 0.1) is 11.3 Å². The molecule has 1 aromatic carbocycles. The summed E-state index contributed by atoms with van der Waals surface area (Å²) < 4.78 is 11.8. The SMILES string of the molecule is CCC(=O)C[C@@H](C)[C@]1(c2ccccc2)O[C@H](C(C)(C)C)OC1=O. The van der Waals surface area contributed by atoms with Crippen LogP contribution in [0.2, 0.25) is 0 Å². The summed E-state index contributed by atoms with van der Waals surface area (Å²) in [4.78, 5) is 24.7. The average Bonchev–Trinajstić information content (AvgIpc) is 2.86. The predicted molar refractivity (Wildman–Crippen MR) is 87.6 cm³/mol. The van der Waals surface area contributed by atoms with E-state index in [0.717, 1.165) is 5.56 Å². The molecule has 0 spiro atoms. The number of ether oxygens (including phenoxy) is 2. The number of carbonyl (C=O) groups excluding carboxylic acids is 2. The van der Waals surface area contributed by atoms with E-state index in [2.05, 4.69) is 0 Å². The molecule has 1 heterocycles. The van der Waals surface area contributed by atoms with Crippen molar-refractivity contribution in [3.8, 4) is 0 Å². The summed E-state index contributed by atoms with van der Waals surface area (Å²) in [5.41, 5.74) is -0.807. The van der Waals surface area contributed by atoms with E-state index >= 15 is 0 Å². The second-order valence-corrected chi connectivity index (χ2v) is 7.32. The highest BCUT2D eigenvalue weighted by molar-refractivity contribution is 5.85. The van der Waals surface area contributed by atoms with Crippen LogP contribution in [0.15, 0.2) is 30.3 Å². The van der Waals surface area contributed by atoms with Crippen molar-refractivity contribution in [3.63, 3.8) is 0 Å². The molecule has 0 aromatic heterocycles. The smallest absolute Gasteiger partial charge is 0.345 e. The van der Waals surface area contributed by atoms with Gasteiger partial charge in [-0.3, -0.25) is 4.79 Å². The quantitative estimate of drug-likeness (QED) is 0.774. The normalized spacial score (nSPS) is 26.0. The van der Waals surface area contributed by atoms with Gasteiger partial charge in [-0.2, -0.15) is 0 Å². The molecule has 0 N–H and O–H groups in total. The van der Waals surface area contributed by atoms with E-state index < -0.39 is 17.9 Å². The summed E-state index contributed by atoms with van der Waals surface area (Å²) >= 11 is 0. The molecule has 0 aliphatic carbocycles. The van der Waals surface area contributed by atoms with Gasteiger partial charge in [0.1, 0.15) is 5.78 Å². The third kappa shape index (κ3) is 3.32. The van der Waals surface area contributed by atoms with Gasteiger partial charge in [-0.25, -0.2) is 4.79 Å². The maximum absolute atomic E-state index is 12.8. The minimum atomic E-state index is -1.22. The fraction of sp³-hybridized carbons (Fsp3) is 0.579. The first kappa shape index (κ1) is 17.7. The third-order valence-electron chi connectivity index (χ3n) is 4.34. The van der Waals surface area contributed by atoms with Crippen molar-refractivity contribution in [2.24, 2.45) is 11.3 Å². The summed E-state index contributed by atoms with van der Waals surface area (Å²) in [5.74, 6) is -0.583. The first-order valence-electron chi connectivity index (χ1n) is 8.18. The van der Waals surface area contributed by atoms with Crippen LogP contribution >= 0.6 is 0 Å². The molecule has 1 aromatic rings. The number of rotatable bonds is 5. The highest BCUT2D eigenvalue weighted by Crippen LogP contribution is 2.46. The molecule has 1 aliphatic rings. The van der Waals surface area contributed by atoms with Crippen LogP contribution in [0.3, 0.4) is 0 Å². The standard InChI is InChI=1S/C19H26O4/c1-6-15(20)12-13(2)19(14-10-8-7-9-11-14)16(21)22-17(23-19)18(3,4)5/h7-11,13,17H,6,12H2,1-5H3/t13-,17-,19-/m1/s1. The zero-order chi connectivity index (χ0) is 17.3. The van der Waals surface area contributed by atoms with Crippen LogP contribution < -0.4 is 0 Å². The monoisotopic (exact) mass is 318 g/mol. The second kappa shape index (κ2) is 6.44. The maximum Gasteiger partial charge on any atom is 0.345 e. The molecule has 4 nitrogen and oxygen atoms in total. The highest BCUT2D eigenvalue weighted by atomic mass is 16.8. The molecule has 23 heavy (non-hydrogen) atoms. The number of cyclic esters (lactones) is 1. The summed E-state index contributed by atoms with van der Waals surface area (Å²) in [6, 6.07) is 9.35. The van der Waals surface area contributed by atoms with Crippen LogP contribution in [0.4, 0.5) is 0 Å². The van der Waals surface area contributed by atoms with Crippen molar-refractivity contribution in [3.05, 3.63) is 35.9 Å². The summed E-state index contributed by atoms with van der Waals surface area (Å²) in [7, 11) is 0. The fourth-order valence-corrected chi connectivity index (χ4v) is 2.88. The van der Waals surface area contributed by atoms with Crippen molar-refractivity contribution < 1.29 is 19.1 Å². The topological polar surface area (TPSA) is 52.6 Å². The highest BCUT2D eigenvalue weighted by Gasteiger charge is 2.57. The Hall–Kier alpha value is -1.68. The molecule has 1 saturated heterocycles. The Morgan fingerprint density at radius 2 is 1.87 bits per heavy atom. The van der Waals surface area contributed by atoms with E-state index in [9.17, 15) is 9.59 Å². The first-order chi connectivity index (χ1) is 10.7. The van der Waals surface area contributed by atoms with Gasteiger partial charge in [0.2, 0.25) is 6.29 Å². The lowest BCUT2D eigenvalue weighted by molar-refractivity contribution is -0.162. The average molecular weight is 318 g/mol. The number of hydrogen-bond donors (Lipinski definition) is 0. The van der Waals surface area contributed by atoms with Crippen molar-refractivity contribution in [2.45, 2.75) is 59.4 Å². The van der Waals surface area contributed by atoms with Crippen molar-refractivity contribution in [2.75, 3.05) is 0 Å². The fourth-order valence-electron chi connectivity index (χ4n) is 2.88. The van der Waals surface area contributed by atoms with E-state index in [1.807, 2.05) is 65.0 Å². The molecule has 4 heteroatoms. The molecule has 0 bridgehead atoms. The van der Waals surface area contributed by atoms with E-state index in [0.29, 0.717) is 6.42 Å². The zero-order valence-electron chi connectivity index (χ0n) is 14.6.